The van der Waals surface area contributed by atoms with Crippen LogP contribution in [-0.2, 0) is 6.61 Å². The van der Waals surface area contributed by atoms with E-state index in [0.717, 1.165) is 9.13 Å². The highest BCUT2D eigenvalue weighted by molar-refractivity contribution is 14.1. The van der Waals surface area contributed by atoms with Crippen molar-refractivity contribution >= 4 is 40.1 Å². The summed E-state index contributed by atoms with van der Waals surface area (Å²) < 4.78 is 6.69. The third-order valence-corrected chi connectivity index (χ3v) is 6.47. The molecule has 0 bridgehead atoms. The number of halogens is 1. The highest BCUT2D eigenvalue weighted by Gasteiger charge is 2.36. The fourth-order valence-corrected chi connectivity index (χ4v) is 4.44. The SMILES string of the molecule is O=C(NN1C(=O)c2cc(I)ccc2NC1c1ccccc1O)c1ccc(OCc2ccccc2)cc1. The maximum Gasteiger partial charge on any atom is 0.276 e. The van der Waals surface area contributed by atoms with Gasteiger partial charge in [-0.05, 0) is 76.7 Å². The first kappa shape index (κ1) is 23.7. The van der Waals surface area contributed by atoms with E-state index in [-0.39, 0.29) is 11.7 Å². The Morgan fingerprint density at radius 1 is 0.972 bits per heavy atom. The van der Waals surface area contributed by atoms with Crippen LogP contribution in [0, 0.1) is 3.57 Å². The second-order valence-electron chi connectivity index (χ2n) is 8.21. The van der Waals surface area contributed by atoms with Crippen LogP contribution in [0.25, 0.3) is 0 Å². The first-order valence-electron chi connectivity index (χ1n) is 11.2. The van der Waals surface area contributed by atoms with E-state index in [9.17, 15) is 14.7 Å². The minimum atomic E-state index is -0.802. The molecule has 180 valence electrons. The number of nitrogens with zero attached hydrogens (tertiary/aromatic N) is 1. The van der Waals surface area contributed by atoms with E-state index in [1.807, 2.05) is 42.5 Å². The summed E-state index contributed by atoms with van der Waals surface area (Å²) in [6.07, 6.45) is -0.802. The van der Waals surface area contributed by atoms with Gasteiger partial charge in [0.25, 0.3) is 11.8 Å². The summed E-state index contributed by atoms with van der Waals surface area (Å²) in [5.74, 6) is -0.210. The van der Waals surface area contributed by atoms with E-state index in [4.69, 9.17) is 4.74 Å². The molecule has 36 heavy (non-hydrogen) atoms. The van der Waals surface area contributed by atoms with Gasteiger partial charge in [-0.2, -0.15) is 0 Å². The van der Waals surface area contributed by atoms with Gasteiger partial charge in [0.05, 0.1) is 5.56 Å². The largest absolute Gasteiger partial charge is 0.508 e. The Morgan fingerprint density at radius 2 is 1.69 bits per heavy atom. The van der Waals surface area contributed by atoms with E-state index < -0.39 is 12.1 Å². The van der Waals surface area contributed by atoms with Crippen molar-refractivity contribution in [2.45, 2.75) is 12.8 Å². The Bertz CT molecular complexity index is 1410. The lowest BCUT2D eigenvalue weighted by Crippen LogP contribution is -2.52. The predicted octanol–water partition coefficient (Wildman–Crippen LogP) is 5.49. The summed E-state index contributed by atoms with van der Waals surface area (Å²) >= 11 is 2.14. The summed E-state index contributed by atoms with van der Waals surface area (Å²) in [5, 5.41) is 15.0. The first-order valence-corrected chi connectivity index (χ1v) is 12.3. The van der Waals surface area contributed by atoms with Gasteiger partial charge in [0.2, 0.25) is 0 Å². The number of carbonyl (C=O) groups is 2. The highest BCUT2D eigenvalue weighted by atomic mass is 127. The van der Waals surface area contributed by atoms with Gasteiger partial charge in [0, 0.05) is 20.4 Å². The van der Waals surface area contributed by atoms with Gasteiger partial charge in [-0.25, -0.2) is 5.01 Å². The lowest BCUT2D eigenvalue weighted by Gasteiger charge is -2.38. The third-order valence-electron chi connectivity index (χ3n) is 5.80. The molecule has 0 aliphatic carbocycles. The van der Waals surface area contributed by atoms with Gasteiger partial charge in [0.15, 0.2) is 6.17 Å². The molecule has 1 atom stereocenters. The Labute approximate surface area is 221 Å². The number of hydrogen-bond acceptors (Lipinski definition) is 5. The standard InChI is InChI=1S/C28H22IN3O4/c29-20-12-15-24-23(16-20)28(35)32(26(30-24)22-8-4-5-9-25(22)33)31-27(34)19-10-13-21(14-11-19)36-17-18-6-2-1-3-7-18/h1-16,26,30,33H,17H2,(H,31,34). The van der Waals surface area contributed by atoms with Crippen LogP contribution in [0.1, 0.15) is 38.0 Å². The zero-order valence-corrected chi connectivity index (χ0v) is 21.2. The number of rotatable bonds is 6. The lowest BCUT2D eigenvalue weighted by atomic mass is 10.0. The molecular formula is C28H22IN3O4. The van der Waals surface area contributed by atoms with Crippen molar-refractivity contribution in [3.8, 4) is 11.5 Å². The Hall–Kier alpha value is -4.05. The van der Waals surface area contributed by atoms with Crippen molar-refractivity contribution in [1.29, 1.82) is 0 Å². The van der Waals surface area contributed by atoms with E-state index in [0.29, 0.717) is 34.7 Å². The molecular weight excluding hydrogens is 569 g/mol. The molecule has 0 saturated heterocycles. The fraction of sp³-hybridized carbons (Fsp3) is 0.0714. The molecule has 4 aromatic rings. The number of amides is 2. The van der Waals surface area contributed by atoms with Gasteiger partial charge < -0.3 is 15.2 Å². The zero-order chi connectivity index (χ0) is 25.1. The molecule has 1 aliphatic rings. The van der Waals surface area contributed by atoms with Crippen LogP contribution in [0.15, 0.2) is 97.1 Å². The second kappa shape index (κ2) is 10.3. The Kier molecular flexibility index (Phi) is 6.77. The van der Waals surface area contributed by atoms with E-state index in [1.54, 1.807) is 54.6 Å². The first-order chi connectivity index (χ1) is 17.5. The number of phenols is 1. The molecule has 7 nitrogen and oxygen atoms in total. The van der Waals surface area contributed by atoms with Crippen molar-refractivity contribution in [3.05, 3.63) is 123 Å². The topological polar surface area (TPSA) is 90.9 Å². The molecule has 1 unspecified atom stereocenters. The summed E-state index contributed by atoms with van der Waals surface area (Å²) in [5.41, 5.74) is 5.64. The molecule has 5 rings (SSSR count). The third kappa shape index (κ3) is 4.99. The average Bonchev–Trinajstić information content (AvgIpc) is 2.90. The van der Waals surface area contributed by atoms with Crippen LogP contribution in [0.5, 0.6) is 11.5 Å². The number of fused-ring (bicyclic) bond motifs is 1. The summed E-state index contributed by atoms with van der Waals surface area (Å²) in [7, 11) is 0. The fourth-order valence-electron chi connectivity index (χ4n) is 3.95. The molecule has 1 heterocycles. The number of aromatic hydroxyl groups is 1. The number of benzene rings is 4. The van der Waals surface area contributed by atoms with Crippen molar-refractivity contribution in [2.75, 3.05) is 5.32 Å². The van der Waals surface area contributed by atoms with Crippen LogP contribution in [0.4, 0.5) is 5.69 Å². The van der Waals surface area contributed by atoms with Gasteiger partial charge in [-0.1, -0.05) is 48.5 Å². The molecule has 0 fully saturated rings. The predicted molar refractivity (Wildman–Crippen MR) is 144 cm³/mol. The van der Waals surface area contributed by atoms with Crippen molar-refractivity contribution in [3.63, 3.8) is 0 Å². The monoisotopic (exact) mass is 591 g/mol. The number of hydrazine groups is 1. The molecule has 2 amide bonds. The number of anilines is 1. The van der Waals surface area contributed by atoms with Crippen molar-refractivity contribution < 1.29 is 19.4 Å². The number of carbonyl (C=O) groups excluding carboxylic acids is 2. The summed E-state index contributed by atoms with van der Waals surface area (Å²) in [6.45, 7) is 0.417. The zero-order valence-electron chi connectivity index (χ0n) is 19.0. The second-order valence-corrected chi connectivity index (χ2v) is 9.46. The molecule has 3 N–H and O–H groups in total. The molecule has 4 aromatic carbocycles. The normalized spacial score (nSPS) is 14.5. The van der Waals surface area contributed by atoms with Crippen molar-refractivity contribution in [2.24, 2.45) is 0 Å². The van der Waals surface area contributed by atoms with E-state index >= 15 is 0 Å². The van der Waals surface area contributed by atoms with Crippen LogP contribution >= 0.6 is 22.6 Å². The van der Waals surface area contributed by atoms with Crippen molar-refractivity contribution in [1.82, 2.24) is 10.4 Å². The minimum Gasteiger partial charge on any atom is -0.508 e. The van der Waals surface area contributed by atoms with E-state index in [2.05, 4.69) is 33.3 Å². The molecule has 0 saturated carbocycles. The molecule has 0 aromatic heterocycles. The van der Waals surface area contributed by atoms with Crippen LogP contribution in [-0.4, -0.2) is 21.9 Å². The highest BCUT2D eigenvalue weighted by Crippen LogP contribution is 2.36. The Balaban J connectivity index is 1.37. The smallest absolute Gasteiger partial charge is 0.276 e. The quantitative estimate of drug-likeness (QED) is 0.258. The maximum absolute atomic E-state index is 13.5. The van der Waals surface area contributed by atoms with Crippen LogP contribution < -0.4 is 15.5 Å². The Morgan fingerprint density at radius 3 is 2.44 bits per heavy atom. The summed E-state index contributed by atoms with van der Waals surface area (Å²) in [6, 6.07) is 28.7. The number of para-hydroxylation sites is 1. The number of ether oxygens (including phenoxy) is 1. The number of nitrogens with one attached hydrogen (secondary N) is 2. The van der Waals surface area contributed by atoms with Crippen LogP contribution in [0.2, 0.25) is 0 Å². The number of hydrogen-bond donors (Lipinski definition) is 3. The lowest BCUT2D eigenvalue weighted by molar-refractivity contribution is 0.0488. The molecule has 8 heteroatoms. The van der Waals surface area contributed by atoms with Gasteiger partial charge in [0.1, 0.15) is 18.1 Å². The van der Waals surface area contributed by atoms with E-state index in [1.165, 1.54) is 5.01 Å². The maximum atomic E-state index is 13.5. The van der Waals surface area contributed by atoms with Crippen LogP contribution in [0.3, 0.4) is 0 Å². The van der Waals surface area contributed by atoms with Gasteiger partial charge in [-0.3, -0.25) is 15.0 Å². The van der Waals surface area contributed by atoms with Gasteiger partial charge >= 0.3 is 0 Å². The molecule has 1 aliphatic heterocycles. The molecule has 0 spiro atoms. The minimum absolute atomic E-state index is 0.0101. The summed E-state index contributed by atoms with van der Waals surface area (Å²) in [4.78, 5) is 26.6. The molecule has 0 radical (unpaired) electrons. The average molecular weight is 591 g/mol. The number of phenolic OH excluding ortho intramolecular Hbond substituents is 1. The van der Waals surface area contributed by atoms with Gasteiger partial charge in [-0.15, -0.1) is 0 Å².